The van der Waals surface area contributed by atoms with E-state index in [-0.39, 0.29) is 25.0 Å². The molecule has 148 valence electrons. The minimum Gasteiger partial charge on any atom is -0.492 e. The molecule has 0 fully saturated rings. The van der Waals surface area contributed by atoms with Gasteiger partial charge in [-0.2, -0.15) is 0 Å². The highest BCUT2D eigenvalue weighted by atomic mass is 16.5. The Bertz CT molecular complexity index is 833. The van der Waals surface area contributed by atoms with Crippen molar-refractivity contribution >= 4 is 29.2 Å². The van der Waals surface area contributed by atoms with Crippen LogP contribution in [0.15, 0.2) is 48.5 Å². The predicted octanol–water partition coefficient (Wildman–Crippen LogP) is 3.25. The number of benzene rings is 2. The van der Waals surface area contributed by atoms with Crippen LogP contribution in [-0.4, -0.2) is 37.5 Å². The van der Waals surface area contributed by atoms with Crippen molar-refractivity contribution in [3.8, 4) is 5.75 Å². The Kier molecular flexibility index (Phi) is 7.56. The Morgan fingerprint density at radius 1 is 0.964 bits per heavy atom. The highest BCUT2D eigenvalue weighted by Gasteiger charge is 2.18. The van der Waals surface area contributed by atoms with Crippen LogP contribution in [0.25, 0.3) is 0 Å². The van der Waals surface area contributed by atoms with E-state index in [2.05, 4.69) is 5.32 Å². The lowest BCUT2D eigenvalue weighted by atomic mass is 10.2. The topological polar surface area (TPSA) is 84.9 Å². The lowest BCUT2D eigenvalue weighted by Crippen LogP contribution is -2.36. The fourth-order valence-electron chi connectivity index (χ4n) is 2.56. The third-order valence-corrected chi connectivity index (χ3v) is 3.83. The van der Waals surface area contributed by atoms with Gasteiger partial charge in [0.15, 0.2) is 0 Å². The van der Waals surface area contributed by atoms with Gasteiger partial charge in [0.25, 0.3) is 0 Å². The second-order valence-electron chi connectivity index (χ2n) is 5.85. The molecule has 7 nitrogen and oxygen atoms in total. The van der Waals surface area contributed by atoms with Gasteiger partial charge in [-0.15, -0.1) is 0 Å². The first-order chi connectivity index (χ1) is 13.5. The summed E-state index contributed by atoms with van der Waals surface area (Å²) >= 11 is 0. The Hall–Kier alpha value is -3.35. The highest BCUT2D eigenvalue weighted by Crippen LogP contribution is 2.24. The van der Waals surface area contributed by atoms with E-state index in [4.69, 9.17) is 9.47 Å². The van der Waals surface area contributed by atoms with E-state index >= 15 is 0 Å². The molecule has 28 heavy (non-hydrogen) atoms. The highest BCUT2D eigenvalue weighted by molar-refractivity contribution is 6.02. The van der Waals surface area contributed by atoms with Crippen LogP contribution in [0.5, 0.6) is 5.75 Å². The second-order valence-corrected chi connectivity index (χ2v) is 5.85. The summed E-state index contributed by atoms with van der Waals surface area (Å²) in [5.74, 6) is -0.533. The number of para-hydroxylation sites is 2. The van der Waals surface area contributed by atoms with Crippen molar-refractivity contribution in [1.29, 1.82) is 0 Å². The molecule has 0 saturated heterocycles. The number of hydrogen-bond donors (Lipinski definition) is 1. The predicted molar refractivity (Wildman–Crippen MR) is 107 cm³/mol. The number of anilines is 2. The smallest absolute Gasteiger partial charge is 0.338 e. The van der Waals surface area contributed by atoms with Crippen LogP contribution in [0.4, 0.5) is 11.4 Å². The van der Waals surface area contributed by atoms with Crippen LogP contribution in [0.2, 0.25) is 0 Å². The van der Waals surface area contributed by atoms with Crippen LogP contribution >= 0.6 is 0 Å². The molecule has 2 aromatic carbocycles. The standard InChI is InChI=1S/C21H24N2O5/c1-4-27-19-9-7-6-8-18(19)22-20(25)14-23(15(3)24)17-12-10-16(11-13-17)21(26)28-5-2/h6-13H,4-5,14H2,1-3H3,(H,22,25). The first kappa shape index (κ1) is 21.0. The summed E-state index contributed by atoms with van der Waals surface area (Å²) in [4.78, 5) is 37.6. The van der Waals surface area contributed by atoms with Crippen molar-refractivity contribution in [2.24, 2.45) is 0 Å². The number of nitrogens with zero attached hydrogens (tertiary/aromatic N) is 1. The SMILES string of the molecule is CCOC(=O)c1ccc(N(CC(=O)Nc2ccccc2OCC)C(C)=O)cc1. The van der Waals surface area contributed by atoms with E-state index in [1.54, 1.807) is 49.4 Å². The number of carbonyl (C=O) groups excluding carboxylic acids is 3. The summed E-state index contributed by atoms with van der Waals surface area (Å²) in [6.45, 7) is 5.54. The van der Waals surface area contributed by atoms with Crippen molar-refractivity contribution in [1.82, 2.24) is 0 Å². The maximum atomic E-state index is 12.5. The van der Waals surface area contributed by atoms with Gasteiger partial charge in [0.05, 0.1) is 24.5 Å². The fraction of sp³-hybridized carbons (Fsp3) is 0.286. The van der Waals surface area contributed by atoms with Crippen LogP contribution in [0, 0.1) is 0 Å². The van der Waals surface area contributed by atoms with Gasteiger partial charge in [-0.3, -0.25) is 9.59 Å². The van der Waals surface area contributed by atoms with Crippen molar-refractivity contribution in [2.45, 2.75) is 20.8 Å². The molecule has 0 atom stereocenters. The monoisotopic (exact) mass is 384 g/mol. The van der Waals surface area contributed by atoms with Crippen molar-refractivity contribution in [2.75, 3.05) is 30.0 Å². The number of esters is 1. The summed E-state index contributed by atoms with van der Waals surface area (Å²) in [6, 6.07) is 13.4. The zero-order valence-corrected chi connectivity index (χ0v) is 16.2. The van der Waals surface area contributed by atoms with Crippen LogP contribution in [0.3, 0.4) is 0 Å². The molecule has 7 heteroatoms. The average molecular weight is 384 g/mol. The minimum atomic E-state index is -0.436. The summed E-state index contributed by atoms with van der Waals surface area (Å²) in [5.41, 5.74) is 1.42. The summed E-state index contributed by atoms with van der Waals surface area (Å²) in [6.07, 6.45) is 0. The van der Waals surface area contributed by atoms with Gasteiger partial charge in [0, 0.05) is 12.6 Å². The first-order valence-corrected chi connectivity index (χ1v) is 9.03. The van der Waals surface area contributed by atoms with E-state index in [0.717, 1.165) is 0 Å². The number of ether oxygens (including phenoxy) is 2. The molecule has 0 saturated carbocycles. The molecule has 0 aliphatic heterocycles. The zero-order valence-electron chi connectivity index (χ0n) is 16.2. The van der Waals surface area contributed by atoms with Crippen LogP contribution < -0.4 is 15.0 Å². The largest absolute Gasteiger partial charge is 0.492 e. The summed E-state index contributed by atoms with van der Waals surface area (Å²) in [5, 5.41) is 2.76. The van der Waals surface area contributed by atoms with Gasteiger partial charge in [0.2, 0.25) is 11.8 Å². The maximum Gasteiger partial charge on any atom is 0.338 e. The number of rotatable bonds is 8. The maximum absolute atomic E-state index is 12.5. The Labute approximate surface area is 164 Å². The molecule has 0 aromatic heterocycles. The zero-order chi connectivity index (χ0) is 20.5. The molecule has 0 aliphatic rings. The van der Waals surface area contributed by atoms with E-state index in [9.17, 15) is 14.4 Å². The number of amides is 2. The Morgan fingerprint density at radius 3 is 2.25 bits per heavy atom. The fourth-order valence-corrected chi connectivity index (χ4v) is 2.56. The minimum absolute atomic E-state index is 0.172. The van der Waals surface area contributed by atoms with Gasteiger partial charge < -0.3 is 19.7 Å². The molecule has 0 radical (unpaired) electrons. The number of hydrogen-bond acceptors (Lipinski definition) is 5. The van der Waals surface area contributed by atoms with E-state index < -0.39 is 5.97 Å². The second kappa shape index (κ2) is 10.1. The lowest BCUT2D eigenvalue weighted by molar-refractivity contribution is -0.120. The molecule has 0 bridgehead atoms. The average Bonchev–Trinajstić information content (AvgIpc) is 2.68. The normalized spacial score (nSPS) is 10.1. The van der Waals surface area contributed by atoms with Crippen molar-refractivity contribution in [3.63, 3.8) is 0 Å². The van der Waals surface area contributed by atoms with Crippen molar-refractivity contribution in [3.05, 3.63) is 54.1 Å². The third-order valence-electron chi connectivity index (χ3n) is 3.83. The molecule has 2 amide bonds. The van der Waals surface area contributed by atoms with Crippen LogP contribution in [-0.2, 0) is 14.3 Å². The molecular formula is C21H24N2O5. The molecule has 0 aliphatic carbocycles. The summed E-state index contributed by atoms with van der Waals surface area (Å²) < 4.78 is 10.4. The van der Waals surface area contributed by atoms with Crippen molar-refractivity contribution < 1.29 is 23.9 Å². The van der Waals surface area contributed by atoms with E-state index in [1.165, 1.54) is 11.8 Å². The summed E-state index contributed by atoms with van der Waals surface area (Å²) in [7, 11) is 0. The van der Waals surface area contributed by atoms with Gasteiger partial charge in [-0.05, 0) is 50.2 Å². The molecule has 1 N–H and O–H groups in total. The van der Waals surface area contributed by atoms with Gasteiger partial charge in [-0.25, -0.2) is 4.79 Å². The number of nitrogens with one attached hydrogen (secondary N) is 1. The molecule has 2 aromatic rings. The molecule has 0 heterocycles. The van der Waals surface area contributed by atoms with E-state index in [0.29, 0.717) is 29.3 Å². The van der Waals surface area contributed by atoms with Gasteiger partial charge in [-0.1, -0.05) is 12.1 Å². The van der Waals surface area contributed by atoms with Gasteiger partial charge in [0.1, 0.15) is 12.3 Å². The molecular weight excluding hydrogens is 360 g/mol. The number of carbonyl (C=O) groups is 3. The van der Waals surface area contributed by atoms with Gasteiger partial charge >= 0.3 is 5.97 Å². The lowest BCUT2D eigenvalue weighted by Gasteiger charge is -2.21. The third kappa shape index (κ3) is 5.57. The quantitative estimate of drug-likeness (QED) is 0.706. The Morgan fingerprint density at radius 2 is 1.64 bits per heavy atom. The molecule has 2 rings (SSSR count). The van der Waals surface area contributed by atoms with Crippen LogP contribution in [0.1, 0.15) is 31.1 Å². The Balaban J connectivity index is 2.11. The van der Waals surface area contributed by atoms with E-state index in [1.807, 2.05) is 13.0 Å². The molecule has 0 unspecified atom stereocenters. The first-order valence-electron chi connectivity index (χ1n) is 9.03. The molecule has 0 spiro atoms.